The molecule has 27 heavy (non-hydrogen) atoms. The van der Waals surface area contributed by atoms with Crippen molar-refractivity contribution in [2.45, 2.75) is 41.5 Å². The SMILES string of the molecule is CSc1nn2c(N(C)C)cc(C)nc2c1S(=O)(=O)c1ccc(C(C)C)cc1. The van der Waals surface area contributed by atoms with Crippen LogP contribution in [0.5, 0.6) is 0 Å². The molecule has 0 bridgehead atoms. The molecule has 0 atom stereocenters. The first-order valence-corrected chi connectivity index (χ1v) is 11.3. The molecule has 2 heterocycles. The Morgan fingerprint density at radius 1 is 1.15 bits per heavy atom. The first-order chi connectivity index (χ1) is 12.7. The maximum Gasteiger partial charge on any atom is 0.213 e. The van der Waals surface area contributed by atoms with Gasteiger partial charge in [-0.3, -0.25) is 0 Å². The Hall–Kier alpha value is -2.06. The van der Waals surface area contributed by atoms with Gasteiger partial charge in [0.25, 0.3) is 0 Å². The highest BCUT2D eigenvalue weighted by molar-refractivity contribution is 7.99. The molecule has 8 heteroatoms. The summed E-state index contributed by atoms with van der Waals surface area (Å²) in [5.74, 6) is 1.12. The van der Waals surface area contributed by atoms with Gasteiger partial charge >= 0.3 is 0 Å². The number of sulfone groups is 1. The van der Waals surface area contributed by atoms with Crippen LogP contribution in [0.25, 0.3) is 5.65 Å². The summed E-state index contributed by atoms with van der Waals surface area (Å²) in [6, 6.07) is 8.96. The molecule has 0 radical (unpaired) electrons. The summed E-state index contributed by atoms with van der Waals surface area (Å²) in [4.78, 5) is 6.82. The minimum Gasteiger partial charge on any atom is -0.363 e. The van der Waals surface area contributed by atoms with Gasteiger partial charge in [-0.25, -0.2) is 13.4 Å². The second-order valence-electron chi connectivity index (χ2n) is 6.95. The predicted octanol–water partition coefficient (Wildman–Crippen LogP) is 3.78. The summed E-state index contributed by atoms with van der Waals surface area (Å²) in [6.07, 6.45) is 1.82. The van der Waals surface area contributed by atoms with Gasteiger partial charge in [0.1, 0.15) is 10.8 Å². The number of hydrogen-bond donors (Lipinski definition) is 0. The van der Waals surface area contributed by atoms with Gasteiger partial charge in [0.2, 0.25) is 9.84 Å². The molecule has 0 N–H and O–H groups in total. The minimum atomic E-state index is -3.75. The molecule has 0 saturated carbocycles. The maximum absolute atomic E-state index is 13.4. The largest absolute Gasteiger partial charge is 0.363 e. The summed E-state index contributed by atoms with van der Waals surface area (Å²) in [7, 11) is 0.0407. The lowest BCUT2D eigenvalue weighted by Crippen LogP contribution is -2.15. The fourth-order valence-corrected chi connectivity index (χ4v) is 5.31. The number of nitrogens with zero attached hydrogens (tertiary/aromatic N) is 4. The van der Waals surface area contributed by atoms with Gasteiger partial charge in [-0.15, -0.1) is 11.8 Å². The summed E-state index contributed by atoms with van der Waals surface area (Å²) in [6.45, 7) is 6.01. The van der Waals surface area contributed by atoms with Crippen LogP contribution in [0.15, 0.2) is 45.1 Å². The van der Waals surface area contributed by atoms with Crippen molar-refractivity contribution in [1.29, 1.82) is 0 Å². The summed E-state index contributed by atoms with van der Waals surface area (Å²) in [5.41, 5.74) is 2.20. The van der Waals surface area contributed by atoms with Crippen LogP contribution in [-0.4, -0.2) is 43.4 Å². The number of fused-ring (bicyclic) bond motifs is 1. The summed E-state index contributed by atoms with van der Waals surface area (Å²) >= 11 is 1.31. The van der Waals surface area contributed by atoms with Crippen molar-refractivity contribution < 1.29 is 8.42 Å². The smallest absolute Gasteiger partial charge is 0.213 e. The lowest BCUT2D eigenvalue weighted by molar-refractivity contribution is 0.594. The molecule has 3 aromatic rings. The molecule has 144 valence electrons. The molecule has 0 unspecified atom stereocenters. The fourth-order valence-electron chi connectivity index (χ4n) is 2.92. The number of aromatic nitrogens is 3. The van der Waals surface area contributed by atoms with Gasteiger partial charge in [0.05, 0.1) is 4.90 Å². The second kappa shape index (κ2) is 7.16. The van der Waals surface area contributed by atoms with Gasteiger partial charge in [-0.05, 0) is 36.8 Å². The van der Waals surface area contributed by atoms with Crippen molar-refractivity contribution in [3.63, 3.8) is 0 Å². The van der Waals surface area contributed by atoms with E-state index < -0.39 is 9.84 Å². The fraction of sp³-hybridized carbons (Fsp3) is 0.368. The number of hydrogen-bond acceptors (Lipinski definition) is 6. The molecule has 0 fully saturated rings. The second-order valence-corrected chi connectivity index (χ2v) is 9.63. The van der Waals surface area contributed by atoms with Gasteiger partial charge < -0.3 is 4.90 Å². The Kier molecular flexibility index (Phi) is 5.22. The zero-order valence-corrected chi connectivity index (χ0v) is 18.0. The van der Waals surface area contributed by atoms with Crippen LogP contribution in [0.3, 0.4) is 0 Å². The van der Waals surface area contributed by atoms with Crippen molar-refractivity contribution >= 4 is 33.1 Å². The first-order valence-electron chi connectivity index (χ1n) is 8.63. The molecular weight excluding hydrogens is 380 g/mol. The normalized spacial score (nSPS) is 12.1. The molecule has 0 aliphatic heterocycles. The van der Waals surface area contributed by atoms with Gasteiger partial charge in [-0.2, -0.15) is 9.61 Å². The lowest BCUT2D eigenvalue weighted by Gasteiger charge is -2.14. The molecule has 0 aliphatic rings. The Balaban J connectivity index is 2.29. The average Bonchev–Trinajstić information content (AvgIpc) is 2.99. The van der Waals surface area contributed by atoms with Crippen LogP contribution >= 0.6 is 11.8 Å². The highest BCUT2D eigenvalue weighted by atomic mass is 32.2. The van der Waals surface area contributed by atoms with E-state index in [1.807, 2.05) is 50.4 Å². The van der Waals surface area contributed by atoms with E-state index in [0.29, 0.717) is 16.6 Å². The van der Waals surface area contributed by atoms with Crippen LogP contribution in [0.2, 0.25) is 0 Å². The Labute approximate surface area is 164 Å². The number of rotatable bonds is 5. The van der Waals surface area contributed by atoms with Crippen LogP contribution < -0.4 is 4.90 Å². The molecule has 0 spiro atoms. The monoisotopic (exact) mass is 404 g/mol. The predicted molar refractivity (Wildman–Crippen MR) is 110 cm³/mol. The highest BCUT2D eigenvalue weighted by Crippen LogP contribution is 2.34. The standard InChI is InChI=1S/C19H24N4O2S2/c1-12(2)14-7-9-15(10-8-14)27(24,25)17-18-20-13(3)11-16(22(4)5)23(18)21-19(17)26-6/h7-12H,1-6H3. The first kappa shape index (κ1) is 19.7. The topological polar surface area (TPSA) is 67.6 Å². The molecular formula is C19H24N4O2S2. The van der Waals surface area contributed by atoms with Crippen LogP contribution in [0.4, 0.5) is 5.82 Å². The molecule has 0 aliphatic carbocycles. The Morgan fingerprint density at radius 3 is 2.30 bits per heavy atom. The van der Waals surface area contributed by atoms with Crippen molar-refractivity contribution in [3.8, 4) is 0 Å². The van der Waals surface area contributed by atoms with E-state index in [9.17, 15) is 8.42 Å². The van der Waals surface area contributed by atoms with E-state index in [-0.39, 0.29) is 9.79 Å². The minimum absolute atomic E-state index is 0.166. The van der Waals surface area contributed by atoms with E-state index in [2.05, 4.69) is 23.9 Å². The lowest BCUT2D eigenvalue weighted by atomic mass is 10.0. The van der Waals surface area contributed by atoms with E-state index in [0.717, 1.165) is 17.1 Å². The van der Waals surface area contributed by atoms with E-state index in [1.54, 1.807) is 16.6 Å². The average molecular weight is 405 g/mol. The molecule has 1 aromatic carbocycles. The Morgan fingerprint density at radius 2 is 1.78 bits per heavy atom. The van der Waals surface area contributed by atoms with Crippen molar-refractivity contribution in [2.24, 2.45) is 0 Å². The Bertz CT molecular complexity index is 1090. The summed E-state index contributed by atoms with van der Waals surface area (Å²) in [5, 5.41) is 4.98. The molecule has 6 nitrogen and oxygen atoms in total. The van der Waals surface area contributed by atoms with Crippen molar-refractivity contribution in [2.75, 3.05) is 25.3 Å². The zero-order chi connectivity index (χ0) is 19.9. The highest BCUT2D eigenvalue weighted by Gasteiger charge is 2.29. The number of anilines is 1. The van der Waals surface area contributed by atoms with Gasteiger partial charge in [-0.1, -0.05) is 26.0 Å². The zero-order valence-electron chi connectivity index (χ0n) is 16.4. The van der Waals surface area contributed by atoms with Crippen LogP contribution in [0, 0.1) is 6.92 Å². The van der Waals surface area contributed by atoms with Gasteiger partial charge in [0.15, 0.2) is 10.5 Å². The van der Waals surface area contributed by atoms with E-state index in [4.69, 9.17) is 0 Å². The van der Waals surface area contributed by atoms with E-state index >= 15 is 0 Å². The third-order valence-electron chi connectivity index (χ3n) is 4.40. The van der Waals surface area contributed by atoms with Crippen LogP contribution in [-0.2, 0) is 9.84 Å². The van der Waals surface area contributed by atoms with Crippen molar-refractivity contribution in [3.05, 3.63) is 41.6 Å². The maximum atomic E-state index is 13.4. The molecule has 2 aromatic heterocycles. The van der Waals surface area contributed by atoms with Gasteiger partial charge in [0, 0.05) is 25.9 Å². The van der Waals surface area contributed by atoms with Crippen molar-refractivity contribution in [1.82, 2.24) is 14.6 Å². The molecule has 3 rings (SSSR count). The third-order valence-corrected chi connectivity index (χ3v) is 7.01. The molecule has 0 saturated heterocycles. The number of benzene rings is 1. The molecule has 0 amide bonds. The number of aryl methyl sites for hydroxylation is 1. The number of thioether (sulfide) groups is 1. The quantitative estimate of drug-likeness (QED) is 0.603. The third kappa shape index (κ3) is 3.43. The van der Waals surface area contributed by atoms with Crippen LogP contribution in [0.1, 0.15) is 31.0 Å². The van der Waals surface area contributed by atoms with E-state index in [1.165, 1.54) is 11.8 Å². The summed E-state index contributed by atoms with van der Waals surface area (Å²) < 4.78 is 28.5.